The van der Waals surface area contributed by atoms with Gasteiger partial charge < -0.3 is 24.5 Å². The highest BCUT2D eigenvalue weighted by Crippen LogP contribution is 2.39. The number of rotatable bonds is 9. The number of sulfone groups is 1. The van der Waals surface area contributed by atoms with Crippen molar-refractivity contribution >= 4 is 32.4 Å². The van der Waals surface area contributed by atoms with Crippen LogP contribution < -0.4 is 20.1 Å². The van der Waals surface area contributed by atoms with Crippen molar-refractivity contribution in [3.05, 3.63) is 77.6 Å². The molecule has 0 spiro atoms. The van der Waals surface area contributed by atoms with Gasteiger partial charge in [0.2, 0.25) is 0 Å². The summed E-state index contributed by atoms with van der Waals surface area (Å²) < 4.78 is 54.4. The average molecular weight is 513 g/mol. The summed E-state index contributed by atoms with van der Waals surface area (Å²) >= 11 is 0. The minimum Gasteiger partial charge on any atom is -0.497 e. The molecule has 3 aromatic carbocycles. The van der Waals surface area contributed by atoms with Gasteiger partial charge in [-0.3, -0.25) is 4.79 Å². The van der Waals surface area contributed by atoms with Gasteiger partial charge in [0.25, 0.3) is 5.91 Å². The maximum Gasteiger partial charge on any atom is 0.255 e. The second kappa shape index (κ2) is 10.3. The van der Waals surface area contributed by atoms with Crippen molar-refractivity contribution in [1.82, 2.24) is 5.32 Å². The van der Waals surface area contributed by atoms with E-state index < -0.39 is 21.6 Å². The molecule has 4 aromatic rings. The fraction of sp³-hybridized carbons (Fsp3) is 0.192. The Labute approximate surface area is 207 Å². The number of fused-ring (bicyclic) bond motifs is 1. The van der Waals surface area contributed by atoms with Crippen LogP contribution in [0, 0.1) is 5.82 Å². The molecule has 0 aliphatic heterocycles. The first-order valence-electron chi connectivity index (χ1n) is 10.9. The van der Waals surface area contributed by atoms with Gasteiger partial charge in [-0.15, -0.1) is 0 Å². The predicted molar refractivity (Wildman–Crippen MR) is 136 cm³/mol. The summed E-state index contributed by atoms with van der Waals surface area (Å²) in [5.74, 6) is 0.0964. The van der Waals surface area contributed by atoms with E-state index in [9.17, 15) is 17.6 Å². The summed E-state index contributed by atoms with van der Waals surface area (Å²) in [4.78, 5) is 12.9. The third-order valence-corrected chi connectivity index (χ3v) is 6.07. The third-order valence-electron chi connectivity index (χ3n) is 5.40. The fourth-order valence-corrected chi connectivity index (χ4v) is 4.09. The van der Waals surface area contributed by atoms with Crippen LogP contribution in [-0.2, 0) is 16.4 Å². The van der Waals surface area contributed by atoms with Crippen LogP contribution in [0.1, 0.15) is 15.9 Å². The molecular formula is C26H25FN2O6S. The molecule has 0 aliphatic carbocycles. The van der Waals surface area contributed by atoms with Crippen molar-refractivity contribution in [2.45, 2.75) is 6.61 Å². The minimum atomic E-state index is -3.35. The summed E-state index contributed by atoms with van der Waals surface area (Å²) in [5.41, 5.74) is 2.29. The average Bonchev–Trinajstić information content (AvgIpc) is 3.23. The quantitative estimate of drug-likeness (QED) is 0.338. The molecule has 1 aromatic heterocycles. The molecule has 0 unspecified atom stereocenters. The lowest BCUT2D eigenvalue weighted by Crippen LogP contribution is -2.18. The summed E-state index contributed by atoms with van der Waals surface area (Å²) in [6.45, 7) is 0.161. The van der Waals surface area contributed by atoms with E-state index in [4.69, 9.17) is 13.9 Å². The molecule has 0 fully saturated rings. The van der Waals surface area contributed by atoms with Crippen LogP contribution in [-0.4, -0.2) is 40.6 Å². The molecule has 1 amide bonds. The van der Waals surface area contributed by atoms with Crippen molar-refractivity contribution in [1.29, 1.82) is 0 Å². The lowest BCUT2D eigenvalue weighted by Gasteiger charge is -2.14. The molecule has 0 atom stereocenters. The number of carbonyl (C=O) groups is 1. The molecule has 2 N–H and O–H groups in total. The molecule has 0 radical (unpaired) electrons. The Bertz CT molecular complexity index is 1510. The smallest absolute Gasteiger partial charge is 0.255 e. The zero-order valence-electron chi connectivity index (χ0n) is 19.9. The Morgan fingerprint density at radius 3 is 2.50 bits per heavy atom. The SMILES string of the molecule is CNC(=O)c1c(-c2ccc(F)cc2)oc2cc(NCS(C)(=O)=O)c(OCc3cccc(OC)c3)cc12. The fourth-order valence-electron chi connectivity index (χ4n) is 3.67. The number of benzene rings is 3. The van der Waals surface area contributed by atoms with Gasteiger partial charge in [-0.2, -0.15) is 0 Å². The van der Waals surface area contributed by atoms with Crippen LogP contribution in [0.5, 0.6) is 11.5 Å². The van der Waals surface area contributed by atoms with Crippen molar-refractivity contribution in [2.24, 2.45) is 0 Å². The van der Waals surface area contributed by atoms with Gasteiger partial charge in [0.1, 0.15) is 41.1 Å². The lowest BCUT2D eigenvalue weighted by atomic mass is 10.0. The van der Waals surface area contributed by atoms with E-state index in [2.05, 4.69) is 10.6 Å². The molecule has 10 heteroatoms. The monoisotopic (exact) mass is 512 g/mol. The first kappa shape index (κ1) is 25.1. The van der Waals surface area contributed by atoms with E-state index in [1.54, 1.807) is 19.2 Å². The highest BCUT2D eigenvalue weighted by Gasteiger charge is 2.24. The number of nitrogens with one attached hydrogen (secondary N) is 2. The first-order chi connectivity index (χ1) is 17.2. The van der Waals surface area contributed by atoms with Crippen molar-refractivity contribution in [3.8, 4) is 22.8 Å². The number of hydrogen-bond donors (Lipinski definition) is 2. The maximum atomic E-state index is 13.5. The zero-order chi connectivity index (χ0) is 25.9. The van der Waals surface area contributed by atoms with E-state index in [0.29, 0.717) is 33.7 Å². The van der Waals surface area contributed by atoms with Crippen LogP contribution in [0.4, 0.5) is 10.1 Å². The van der Waals surface area contributed by atoms with Crippen LogP contribution in [0.3, 0.4) is 0 Å². The van der Waals surface area contributed by atoms with E-state index >= 15 is 0 Å². The van der Waals surface area contributed by atoms with Gasteiger partial charge in [0.15, 0.2) is 9.84 Å². The number of hydrogen-bond acceptors (Lipinski definition) is 7. The lowest BCUT2D eigenvalue weighted by molar-refractivity contribution is 0.0964. The highest BCUT2D eigenvalue weighted by molar-refractivity contribution is 7.90. The topological polar surface area (TPSA) is 107 Å². The molecular weight excluding hydrogens is 487 g/mol. The molecule has 0 aliphatic rings. The van der Waals surface area contributed by atoms with E-state index in [1.807, 2.05) is 24.3 Å². The summed E-state index contributed by atoms with van der Waals surface area (Å²) in [7, 11) is -0.283. The molecule has 1 heterocycles. The van der Waals surface area contributed by atoms with Crippen LogP contribution in [0.2, 0.25) is 0 Å². The van der Waals surface area contributed by atoms with Gasteiger partial charge in [-0.1, -0.05) is 12.1 Å². The van der Waals surface area contributed by atoms with E-state index in [1.165, 1.54) is 31.3 Å². The Balaban J connectivity index is 1.82. The van der Waals surface area contributed by atoms with Crippen LogP contribution in [0.15, 0.2) is 65.1 Å². The number of furan rings is 1. The van der Waals surface area contributed by atoms with Crippen molar-refractivity contribution < 1.29 is 31.5 Å². The Morgan fingerprint density at radius 2 is 1.83 bits per heavy atom. The number of carbonyl (C=O) groups excluding carboxylic acids is 1. The second-order valence-corrected chi connectivity index (χ2v) is 10.3. The summed E-state index contributed by atoms with van der Waals surface area (Å²) in [6.07, 6.45) is 1.11. The summed E-state index contributed by atoms with van der Waals surface area (Å²) in [5, 5.41) is 5.94. The number of methoxy groups -OCH3 is 1. The Morgan fingerprint density at radius 1 is 1.08 bits per heavy atom. The van der Waals surface area contributed by atoms with Gasteiger partial charge in [-0.05, 0) is 48.0 Å². The van der Waals surface area contributed by atoms with E-state index in [-0.39, 0.29) is 23.8 Å². The molecule has 0 saturated carbocycles. The number of halogens is 1. The molecule has 8 nitrogen and oxygen atoms in total. The number of amides is 1. The highest BCUT2D eigenvalue weighted by atomic mass is 32.2. The van der Waals surface area contributed by atoms with Crippen LogP contribution in [0.25, 0.3) is 22.3 Å². The predicted octanol–water partition coefficient (Wildman–Crippen LogP) is 4.60. The van der Waals surface area contributed by atoms with E-state index in [0.717, 1.165) is 11.8 Å². The molecule has 188 valence electrons. The standard InChI is InChI=1S/C26H25FN2O6S/c1-28-26(30)24-20-12-23(34-14-16-5-4-6-19(11-16)33-2)21(29-15-36(3,31)32)13-22(20)35-25(24)17-7-9-18(27)10-8-17/h4-13,29H,14-15H2,1-3H3,(H,28,30). The summed E-state index contributed by atoms with van der Waals surface area (Å²) in [6, 6.07) is 16.1. The molecule has 0 bridgehead atoms. The minimum absolute atomic E-state index is 0.161. The molecule has 4 rings (SSSR count). The van der Waals surface area contributed by atoms with Crippen LogP contribution >= 0.6 is 0 Å². The number of ether oxygens (including phenoxy) is 2. The Kier molecular flexibility index (Phi) is 7.16. The van der Waals surface area contributed by atoms with Gasteiger partial charge in [0, 0.05) is 30.3 Å². The largest absolute Gasteiger partial charge is 0.497 e. The van der Waals surface area contributed by atoms with Crippen molar-refractivity contribution in [2.75, 3.05) is 31.6 Å². The molecule has 0 saturated heterocycles. The third kappa shape index (κ3) is 5.60. The maximum absolute atomic E-state index is 13.5. The second-order valence-electron chi connectivity index (χ2n) is 8.12. The first-order valence-corrected chi connectivity index (χ1v) is 13.0. The zero-order valence-corrected chi connectivity index (χ0v) is 20.7. The Hall–Kier alpha value is -4.05. The van der Waals surface area contributed by atoms with Crippen molar-refractivity contribution in [3.63, 3.8) is 0 Å². The van der Waals surface area contributed by atoms with Gasteiger partial charge >= 0.3 is 0 Å². The molecule has 36 heavy (non-hydrogen) atoms. The normalized spacial score (nSPS) is 11.3. The van der Waals surface area contributed by atoms with Gasteiger partial charge in [0.05, 0.1) is 18.4 Å². The number of anilines is 1. The van der Waals surface area contributed by atoms with Gasteiger partial charge in [-0.25, -0.2) is 12.8 Å².